The molecule has 0 bridgehead atoms. The fraction of sp³-hybridized carbons (Fsp3) is 0.157. The molecule has 0 spiro atoms. The number of amides is 7. The number of sulfonamides is 1. The molecule has 7 amide bonds. The van der Waals surface area contributed by atoms with Crippen LogP contribution in [-0.2, 0) is 80.8 Å². The summed E-state index contributed by atoms with van der Waals surface area (Å²) < 4.78 is 154. The lowest BCUT2D eigenvalue weighted by Gasteiger charge is -2.18. The summed E-state index contributed by atoms with van der Waals surface area (Å²) in [5, 5.41) is 69.8. The molecule has 0 heterocycles. The van der Waals surface area contributed by atoms with Crippen molar-refractivity contribution in [1.82, 2.24) is 25.6 Å². The van der Waals surface area contributed by atoms with Crippen LogP contribution < -0.4 is 42.4 Å². The number of anilines is 2. The molecule has 12 aromatic rings. The largest absolute Gasteiger partial charge is 0.480 e. The number of carboxylic acids is 6. The van der Waals surface area contributed by atoms with E-state index in [9.17, 15) is 129 Å². The van der Waals surface area contributed by atoms with Gasteiger partial charge in [0, 0.05) is 74.3 Å². The minimum atomic E-state index is -4.97. The van der Waals surface area contributed by atoms with Crippen molar-refractivity contribution in [3.05, 3.63) is 402 Å². The number of nitrogens with one attached hydrogen (secondary N) is 6. The first-order valence-corrected chi connectivity index (χ1v) is 46.4. The number of primary amides is 1. The standard InChI is InChI=1S/C18H13F6NO2.C18H20N2O5S.C17H16N2O4.C17H15NO5.C16H13F2NO4.C16H15NO5S/c1-10(26)14-4-2-3-5-15(14)16(27)25-9-11-6-12(17(19,20)21)8-13(7-11)18(22,23)24;1-3-20(26(2,24)25)12-13-7-6-8-14(11-13)19-17(21)15-9-4-5-10-16(15)18(22)23;18-15(20)10-7-11-5-8-12(9-6-11)19-16(21)13-3-1-2-4-14(13)17(22)23;19-15(12-8-4-5-9-13(12)16(20)21)18-14(17(22)23)10-11-6-2-1-3-7-11;17-16(18)23-13-8-4-1-5-10(13)9-19-14(20)11-6-2-3-7-12(11)15(21)22;1-23(21,22)12-8-6-11(7-9-12)10-17-15(18)13-4-2-3-5-14(13)16(19)20/h2-8H,9H2,1H3,(H,25,27);4-11H,3,12H2,1-2H3,(H,19,21)(H,22,23);1-6,8-9H,7,10H2,(H2,18,20)(H,19,21)(H,22,23);1-9,14H,10H2,(H,18,19)(H,20,21)(H,22,23);1-8,16H,9H2,(H,19,20)(H,21,22);2-9H,10H2,1H3,(H,17,18)(H,19,20). The van der Waals surface area contributed by atoms with Crippen molar-refractivity contribution < 1.29 is 154 Å². The van der Waals surface area contributed by atoms with Crippen LogP contribution in [0, 0.1) is 0 Å². The molecule has 0 aromatic heterocycles. The lowest BCUT2D eigenvalue weighted by molar-refractivity contribution is -0.143. The number of sulfone groups is 1. The van der Waals surface area contributed by atoms with Crippen molar-refractivity contribution in [2.24, 2.45) is 5.73 Å². The average molecular weight is 2050 g/mol. The van der Waals surface area contributed by atoms with Crippen LogP contribution in [0.4, 0.5) is 46.5 Å². The number of aromatic carboxylic acids is 5. The summed E-state index contributed by atoms with van der Waals surface area (Å²) in [6.07, 6.45) is -6.78. The molecule has 0 aliphatic rings. The average Bonchev–Trinajstić information content (AvgIpc) is 0.783. The minimum absolute atomic E-state index is 0.00717. The third-order valence-corrected chi connectivity index (χ3v) is 22.7. The first kappa shape index (κ1) is 114. The number of carbonyl (C=O) groups excluding carboxylic acids is 8. The van der Waals surface area contributed by atoms with Gasteiger partial charge in [-0.3, -0.25) is 38.4 Å². The van der Waals surface area contributed by atoms with Gasteiger partial charge in [-0.05, 0) is 169 Å². The highest BCUT2D eigenvalue weighted by atomic mass is 32.2. The monoisotopic (exact) mass is 2040 g/mol. The Morgan fingerprint density at radius 3 is 1.12 bits per heavy atom. The highest BCUT2D eigenvalue weighted by molar-refractivity contribution is 7.90. The van der Waals surface area contributed by atoms with Crippen molar-refractivity contribution in [2.75, 3.05) is 29.7 Å². The summed E-state index contributed by atoms with van der Waals surface area (Å²) in [4.78, 5) is 163. The van der Waals surface area contributed by atoms with Crippen molar-refractivity contribution in [2.45, 2.75) is 89.2 Å². The molecule has 145 heavy (non-hydrogen) atoms. The maximum absolute atomic E-state index is 12.8. The molecule has 0 aliphatic heterocycles. The van der Waals surface area contributed by atoms with Crippen LogP contribution in [0.15, 0.2) is 296 Å². The van der Waals surface area contributed by atoms with Gasteiger partial charge >= 0.3 is 54.8 Å². The maximum atomic E-state index is 12.8. The predicted octanol–water partition coefficient (Wildman–Crippen LogP) is 15.8. The number of benzene rings is 12. The molecule has 12 aromatic carbocycles. The highest BCUT2D eigenvalue weighted by Crippen LogP contribution is 2.37. The number of para-hydroxylation sites is 1. The molecule has 12 rings (SSSR count). The molecule has 14 N–H and O–H groups in total. The Morgan fingerprint density at radius 1 is 0.379 bits per heavy atom. The summed E-state index contributed by atoms with van der Waals surface area (Å²) in [7, 11) is -6.59. The zero-order chi connectivity index (χ0) is 107. The molecule has 0 aliphatic carbocycles. The molecule has 758 valence electrons. The van der Waals surface area contributed by atoms with Gasteiger partial charge in [0.15, 0.2) is 15.6 Å². The normalized spacial score (nSPS) is 11.1. The molecule has 1 unspecified atom stereocenters. The van der Waals surface area contributed by atoms with E-state index in [0.29, 0.717) is 53.2 Å². The lowest BCUT2D eigenvalue weighted by atomic mass is 10.0. The smallest absolute Gasteiger partial charge is 0.416 e. The van der Waals surface area contributed by atoms with Gasteiger partial charge in [-0.25, -0.2) is 45.6 Å². The van der Waals surface area contributed by atoms with Gasteiger partial charge in [0.05, 0.1) is 83.5 Å². The van der Waals surface area contributed by atoms with Crippen LogP contribution in [0.1, 0.15) is 189 Å². The number of rotatable bonds is 34. The highest BCUT2D eigenvalue weighted by Gasteiger charge is 2.38. The van der Waals surface area contributed by atoms with Crippen LogP contribution in [0.2, 0.25) is 0 Å². The molecule has 0 radical (unpaired) electrons. The van der Waals surface area contributed by atoms with Gasteiger partial charge in [-0.1, -0.05) is 171 Å². The van der Waals surface area contributed by atoms with E-state index >= 15 is 0 Å². The number of aliphatic carboxylic acids is 1. The number of halogens is 8. The summed E-state index contributed by atoms with van der Waals surface area (Å²) >= 11 is 0. The van der Waals surface area contributed by atoms with Gasteiger partial charge in [0.2, 0.25) is 15.9 Å². The second kappa shape index (κ2) is 53.8. The number of alkyl halides is 8. The molecule has 0 saturated heterocycles. The van der Waals surface area contributed by atoms with Crippen LogP contribution in [-0.4, -0.2) is 166 Å². The Kier molecular flexibility index (Phi) is 42.5. The van der Waals surface area contributed by atoms with E-state index < -0.39 is 140 Å². The number of hydrogen-bond donors (Lipinski definition) is 13. The second-order valence-corrected chi connectivity index (χ2v) is 34.7. The number of aryl methyl sites for hydroxylation is 1. The minimum Gasteiger partial charge on any atom is -0.480 e. The lowest BCUT2D eigenvalue weighted by Crippen LogP contribution is -2.42. The Bertz CT molecular complexity index is 6930. The van der Waals surface area contributed by atoms with Crippen molar-refractivity contribution in [3.63, 3.8) is 0 Å². The number of Topliss-reactive ketones (excluding diaryl/α,β-unsaturated/α-hetero) is 1. The molecular formula is C102H92F8N8O25S2. The van der Waals surface area contributed by atoms with E-state index in [1.807, 2.05) is 0 Å². The van der Waals surface area contributed by atoms with Gasteiger partial charge < -0.3 is 73.0 Å². The fourth-order valence-corrected chi connectivity index (χ4v) is 14.6. The van der Waals surface area contributed by atoms with E-state index in [-0.39, 0.29) is 127 Å². The summed E-state index contributed by atoms with van der Waals surface area (Å²) in [5.74, 6) is -11.7. The van der Waals surface area contributed by atoms with E-state index in [1.165, 1.54) is 151 Å². The Morgan fingerprint density at radius 2 is 0.738 bits per heavy atom. The predicted molar refractivity (Wildman–Crippen MR) is 512 cm³/mol. The van der Waals surface area contributed by atoms with E-state index in [1.54, 1.807) is 140 Å². The number of ether oxygens (including phenoxy) is 1. The summed E-state index contributed by atoms with van der Waals surface area (Å²) in [6, 6.07) is 69.6. The van der Waals surface area contributed by atoms with E-state index in [4.69, 9.17) is 26.2 Å². The van der Waals surface area contributed by atoms with E-state index in [0.717, 1.165) is 23.6 Å². The second-order valence-electron chi connectivity index (χ2n) is 30.7. The van der Waals surface area contributed by atoms with Gasteiger partial charge in [0.25, 0.3) is 35.4 Å². The Balaban J connectivity index is 0.000000236. The third-order valence-electron chi connectivity index (χ3n) is 20.2. The topological polar surface area (TPSA) is 539 Å². The Labute approximate surface area is 822 Å². The molecule has 1 atom stereocenters. The number of hydrogen-bond acceptors (Lipinski definition) is 19. The number of nitrogens with two attached hydrogens (primary N) is 1. The number of ketones is 1. The molecule has 0 fully saturated rings. The first-order chi connectivity index (χ1) is 68.3. The molecule has 43 heteroatoms. The maximum Gasteiger partial charge on any atom is 0.416 e. The molecule has 33 nitrogen and oxygen atoms in total. The zero-order valence-corrected chi connectivity index (χ0v) is 78.5. The fourth-order valence-electron chi connectivity index (χ4n) is 13.1. The number of nitrogens with zero attached hydrogens (tertiary/aromatic N) is 1. The van der Waals surface area contributed by atoms with E-state index in [2.05, 4.69) is 36.6 Å². The third kappa shape index (κ3) is 36.6. The van der Waals surface area contributed by atoms with Crippen LogP contribution >= 0.6 is 0 Å². The van der Waals surface area contributed by atoms with Crippen LogP contribution in [0.5, 0.6) is 5.75 Å². The summed E-state index contributed by atoms with van der Waals surface area (Å²) in [6.45, 7) is 0.0421. The first-order valence-electron chi connectivity index (χ1n) is 42.6. The summed E-state index contributed by atoms with van der Waals surface area (Å²) in [5.41, 5.74) is 5.94. The zero-order valence-electron chi connectivity index (χ0n) is 76.8. The van der Waals surface area contributed by atoms with Crippen LogP contribution in [0.25, 0.3) is 0 Å². The van der Waals surface area contributed by atoms with Gasteiger partial charge in [0.1, 0.15) is 11.8 Å². The van der Waals surface area contributed by atoms with Crippen molar-refractivity contribution in [1.29, 1.82) is 0 Å². The quantitative estimate of drug-likeness (QED) is 0.0132. The van der Waals surface area contributed by atoms with Crippen molar-refractivity contribution in [3.8, 4) is 5.75 Å². The van der Waals surface area contributed by atoms with Crippen molar-refractivity contribution >= 4 is 114 Å². The molecular weight excluding hydrogens is 1950 g/mol. The van der Waals surface area contributed by atoms with Gasteiger partial charge in [-0.2, -0.15) is 39.4 Å². The number of carboxylic acid groups (broad SMARTS) is 6. The SMILES string of the molecule is CC(=O)c1ccccc1C(=O)NCc1cc(C(F)(F)F)cc(C(F)(F)F)c1.CCN(Cc1cccc(NC(=O)c2ccccc2C(=O)O)c1)S(C)(=O)=O.CS(=O)(=O)c1ccc(CNC(=O)c2ccccc2C(=O)O)cc1.NC(=O)CCc1ccc(NC(=O)c2ccccc2C(=O)O)cc1.O=C(O)c1ccccc1C(=O)NC(Cc1ccccc1)C(=O)O.O=C(O)c1ccccc1C(=O)NCc1ccccc1OC(F)F. The molecule has 0 saturated carbocycles. The van der Waals surface area contributed by atoms with Gasteiger partial charge in [-0.15, -0.1) is 0 Å². The Hall–Kier alpha value is -17.5. The van der Waals surface area contributed by atoms with Crippen LogP contribution in [0.3, 0.4) is 0 Å². The number of carbonyl (C=O) groups is 14.